The molecule has 0 radical (unpaired) electrons. The van der Waals surface area contributed by atoms with Crippen LogP contribution in [0.2, 0.25) is 0 Å². The molecule has 0 aliphatic heterocycles. The molecule has 6 heteroatoms. The van der Waals surface area contributed by atoms with Gasteiger partial charge in [0.15, 0.2) is 0 Å². The first kappa shape index (κ1) is 23.4. The molecule has 2 aliphatic rings. The third kappa shape index (κ3) is 11.1. The van der Waals surface area contributed by atoms with Crippen LogP contribution in [0.4, 0.5) is 0 Å². The van der Waals surface area contributed by atoms with E-state index in [9.17, 15) is 14.4 Å². The molecule has 0 heterocycles. The van der Waals surface area contributed by atoms with Crippen LogP contribution >= 0.6 is 0 Å². The number of nitrogens with one attached hydrogen (secondary N) is 2. The van der Waals surface area contributed by atoms with E-state index in [0.29, 0.717) is 31.2 Å². The number of hydrogen-bond donors (Lipinski definition) is 3. The molecule has 2 saturated carbocycles. The molecule has 0 saturated heterocycles. The van der Waals surface area contributed by atoms with Gasteiger partial charge in [-0.1, -0.05) is 44.3 Å². The van der Waals surface area contributed by atoms with Crippen molar-refractivity contribution in [2.75, 3.05) is 13.1 Å². The number of allylic oxidation sites excluding steroid dienone is 2. The Labute approximate surface area is 174 Å². The number of hydrogen-bond acceptors (Lipinski definition) is 3. The van der Waals surface area contributed by atoms with Gasteiger partial charge in [-0.3, -0.25) is 14.4 Å². The lowest BCUT2D eigenvalue weighted by Gasteiger charge is -2.21. The molecule has 3 N–H and O–H groups in total. The highest BCUT2D eigenvalue weighted by Crippen LogP contribution is 2.40. The maximum atomic E-state index is 11.9. The first-order chi connectivity index (χ1) is 14.0. The minimum Gasteiger partial charge on any atom is -0.481 e. The van der Waals surface area contributed by atoms with Crippen LogP contribution in [0.3, 0.4) is 0 Å². The summed E-state index contributed by atoms with van der Waals surface area (Å²) in [5.41, 5.74) is 0. The van der Waals surface area contributed by atoms with Crippen molar-refractivity contribution in [1.82, 2.24) is 10.6 Å². The maximum Gasteiger partial charge on any atom is 0.303 e. The summed E-state index contributed by atoms with van der Waals surface area (Å²) in [7, 11) is 0. The number of carboxylic acids is 1. The number of aliphatic carboxylic acids is 1. The molecule has 2 atom stereocenters. The minimum absolute atomic E-state index is 0.0201. The van der Waals surface area contributed by atoms with Gasteiger partial charge >= 0.3 is 5.97 Å². The Morgan fingerprint density at radius 1 is 0.897 bits per heavy atom. The second kappa shape index (κ2) is 13.4. The highest BCUT2D eigenvalue weighted by molar-refractivity contribution is 5.84. The predicted molar refractivity (Wildman–Crippen MR) is 113 cm³/mol. The van der Waals surface area contributed by atoms with E-state index < -0.39 is 5.97 Å². The normalized spacial score (nSPS) is 21.8. The van der Waals surface area contributed by atoms with Gasteiger partial charge in [0.25, 0.3) is 0 Å². The van der Waals surface area contributed by atoms with E-state index in [4.69, 9.17) is 5.11 Å². The average molecular weight is 407 g/mol. The number of carbonyl (C=O) groups excluding carboxylic acids is 2. The van der Waals surface area contributed by atoms with E-state index in [2.05, 4.69) is 22.8 Å². The number of amides is 2. The molecule has 2 unspecified atom stereocenters. The van der Waals surface area contributed by atoms with E-state index in [1.807, 2.05) is 0 Å². The van der Waals surface area contributed by atoms with Gasteiger partial charge in [0.1, 0.15) is 0 Å². The molecule has 164 valence electrons. The SMILES string of the molecule is O=C(O)CCC/C=C\CC1CC1CNC(=O)CNC(=O)CCCC1CCCCC1. The van der Waals surface area contributed by atoms with Crippen molar-refractivity contribution in [2.24, 2.45) is 17.8 Å². The van der Waals surface area contributed by atoms with Crippen LogP contribution in [-0.4, -0.2) is 36.0 Å². The Bertz CT molecular complexity index is 555. The van der Waals surface area contributed by atoms with E-state index in [1.54, 1.807) is 0 Å². The number of carboxylic acid groups (broad SMARTS) is 1. The maximum absolute atomic E-state index is 11.9. The average Bonchev–Trinajstić information content (AvgIpc) is 3.46. The van der Waals surface area contributed by atoms with Gasteiger partial charge in [-0.05, 0) is 56.3 Å². The van der Waals surface area contributed by atoms with E-state index in [0.717, 1.165) is 38.0 Å². The highest BCUT2D eigenvalue weighted by atomic mass is 16.4. The second-order valence-corrected chi connectivity index (χ2v) is 8.73. The van der Waals surface area contributed by atoms with Crippen molar-refractivity contribution in [3.63, 3.8) is 0 Å². The summed E-state index contributed by atoms with van der Waals surface area (Å²) in [6, 6.07) is 0. The van der Waals surface area contributed by atoms with E-state index in [-0.39, 0.29) is 24.8 Å². The zero-order valence-corrected chi connectivity index (χ0v) is 17.7. The molecule has 2 rings (SSSR count). The van der Waals surface area contributed by atoms with Crippen molar-refractivity contribution >= 4 is 17.8 Å². The molecule has 0 bridgehead atoms. The predicted octanol–water partition coefficient (Wildman–Crippen LogP) is 3.81. The molecule has 0 aromatic rings. The Morgan fingerprint density at radius 3 is 2.45 bits per heavy atom. The van der Waals surface area contributed by atoms with Crippen LogP contribution in [0.5, 0.6) is 0 Å². The fraction of sp³-hybridized carbons (Fsp3) is 0.783. The topological polar surface area (TPSA) is 95.5 Å². The molecule has 2 amide bonds. The van der Waals surface area contributed by atoms with Crippen LogP contribution in [0, 0.1) is 17.8 Å². The van der Waals surface area contributed by atoms with Gasteiger partial charge in [-0.2, -0.15) is 0 Å². The zero-order chi connectivity index (χ0) is 20.9. The highest BCUT2D eigenvalue weighted by Gasteiger charge is 2.35. The van der Waals surface area contributed by atoms with Crippen LogP contribution < -0.4 is 10.6 Å². The van der Waals surface area contributed by atoms with Gasteiger partial charge < -0.3 is 15.7 Å². The summed E-state index contributed by atoms with van der Waals surface area (Å²) < 4.78 is 0. The fourth-order valence-corrected chi connectivity index (χ4v) is 4.21. The van der Waals surface area contributed by atoms with E-state index in [1.165, 1.54) is 32.1 Å². The number of carbonyl (C=O) groups is 3. The second-order valence-electron chi connectivity index (χ2n) is 8.73. The number of unbranched alkanes of at least 4 members (excludes halogenated alkanes) is 1. The van der Waals surface area contributed by atoms with E-state index >= 15 is 0 Å². The lowest BCUT2D eigenvalue weighted by Crippen LogP contribution is -2.37. The molecular weight excluding hydrogens is 368 g/mol. The van der Waals surface area contributed by atoms with Crippen LogP contribution in [-0.2, 0) is 14.4 Å². The van der Waals surface area contributed by atoms with Gasteiger partial charge in [0.2, 0.25) is 11.8 Å². The molecule has 2 fully saturated rings. The molecule has 0 spiro atoms. The third-order valence-electron chi connectivity index (χ3n) is 6.18. The summed E-state index contributed by atoms with van der Waals surface area (Å²) in [5, 5.41) is 14.2. The minimum atomic E-state index is -0.743. The Balaban J connectivity index is 1.42. The zero-order valence-electron chi connectivity index (χ0n) is 17.7. The molecule has 0 aromatic heterocycles. The monoisotopic (exact) mass is 406 g/mol. The van der Waals surface area contributed by atoms with Crippen molar-refractivity contribution in [1.29, 1.82) is 0 Å². The van der Waals surface area contributed by atoms with Gasteiger partial charge in [-0.25, -0.2) is 0 Å². The summed E-state index contributed by atoms with van der Waals surface area (Å²) >= 11 is 0. The Kier molecular flexibility index (Phi) is 10.8. The van der Waals surface area contributed by atoms with Gasteiger partial charge in [0, 0.05) is 19.4 Å². The van der Waals surface area contributed by atoms with Crippen LogP contribution in [0.1, 0.15) is 83.5 Å². The van der Waals surface area contributed by atoms with Crippen molar-refractivity contribution in [2.45, 2.75) is 83.5 Å². The summed E-state index contributed by atoms with van der Waals surface area (Å²) in [5.74, 6) is 1.06. The molecular formula is C23H38N2O4. The smallest absolute Gasteiger partial charge is 0.303 e. The summed E-state index contributed by atoms with van der Waals surface area (Å²) in [6.45, 7) is 0.747. The van der Waals surface area contributed by atoms with Gasteiger partial charge in [-0.15, -0.1) is 0 Å². The fourth-order valence-electron chi connectivity index (χ4n) is 4.21. The molecule has 2 aliphatic carbocycles. The quantitative estimate of drug-likeness (QED) is 0.302. The van der Waals surface area contributed by atoms with Gasteiger partial charge in [0.05, 0.1) is 6.54 Å². The first-order valence-corrected chi connectivity index (χ1v) is 11.4. The van der Waals surface area contributed by atoms with Crippen molar-refractivity contribution in [3.05, 3.63) is 12.2 Å². The summed E-state index contributed by atoms with van der Waals surface area (Å²) in [6.07, 6.45) is 17.2. The molecule has 29 heavy (non-hydrogen) atoms. The lowest BCUT2D eigenvalue weighted by molar-refractivity contribution is -0.137. The Hall–Kier alpha value is -1.85. The summed E-state index contributed by atoms with van der Waals surface area (Å²) in [4.78, 5) is 34.2. The van der Waals surface area contributed by atoms with Crippen molar-refractivity contribution < 1.29 is 19.5 Å². The largest absolute Gasteiger partial charge is 0.481 e. The lowest BCUT2D eigenvalue weighted by atomic mass is 9.86. The third-order valence-corrected chi connectivity index (χ3v) is 6.18. The van der Waals surface area contributed by atoms with Crippen LogP contribution in [0.15, 0.2) is 12.2 Å². The standard InChI is InChI=1S/C23H38N2O4/c26-21(13-8-11-18-9-4-3-5-10-18)25-17-22(27)24-16-20-15-19(20)12-6-1-2-7-14-23(28)29/h1,6,18-20H,2-5,7-17H2,(H,24,27)(H,25,26)(H,28,29)/b6-1-. The first-order valence-electron chi connectivity index (χ1n) is 11.4. The van der Waals surface area contributed by atoms with Crippen LogP contribution in [0.25, 0.3) is 0 Å². The molecule has 0 aromatic carbocycles. The number of rotatable bonds is 14. The molecule has 6 nitrogen and oxygen atoms in total. The van der Waals surface area contributed by atoms with Crippen molar-refractivity contribution in [3.8, 4) is 0 Å². The Morgan fingerprint density at radius 2 is 1.69 bits per heavy atom.